The van der Waals surface area contributed by atoms with Gasteiger partial charge in [-0.15, -0.1) is 11.8 Å². The molecule has 0 bridgehead atoms. The standard InChI is InChI=1S/C18H15BrO2S/c1-11-3-8-16-13(9-17(20)21-18(16)12(11)2)10-22-15-6-4-14(19)5-7-15/h3-9H,10H2,1-2H3. The quantitative estimate of drug-likeness (QED) is 0.450. The highest BCUT2D eigenvalue weighted by molar-refractivity contribution is 9.10. The van der Waals surface area contributed by atoms with Gasteiger partial charge in [-0.25, -0.2) is 4.79 Å². The Morgan fingerprint density at radius 1 is 1.09 bits per heavy atom. The highest BCUT2D eigenvalue weighted by Crippen LogP contribution is 2.29. The summed E-state index contributed by atoms with van der Waals surface area (Å²) in [6.07, 6.45) is 0. The highest BCUT2D eigenvalue weighted by Gasteiger charge is 2.09. The predicted octanol–water partition coefficient (Wildman–Crippen LogP) is 5.46. The fourth-order valence-corrected chi connectivity index (χ4v) is 3.49. The van der Waals surface area contributed by atoms with Crippen LogP contribution < -0.4 is 5.63 Å². The molecule has 0 amide bonds. The number of aryl methyl sites for hydroxylation is 2. The van der Waals surface area contributed by atoms with E-state index in [1.165, 1.54) is 4.90 Å². The molecule has 0 radical (unpaired) electrons. The third kappa shape index (κ3) is 3.13. The molecule has 0 aliphatic rings. The van der Waals surface area contributed by atoms with Crippen molar-refractivity contribution in [1.29, 1.82) is 0 Å². The first kappa shape index (κ1) is 15.4. The molecule has 2 aromatic carbocycles. The lowest BCUT2D eigenvalue weighted by Crippen LogP contribution is -2.01. The maximum atomic E-state index is 11.8. The first-order valence-electron chi connectivity index (χ1n) is 6.96. The lowest BCUT2D eigenvalue weighted by atomic mass is 10.0. The molecule has 4 heteroatoms. The van der Waals surface area contributed by atoms with Crippen LogP contribution in [0, 0.1) is 13.8 Å². The predicted molar refractivity (Wildman–Crippen MR) is 95.7 cm³/mol. The number of hydrogen-bond acceptors (Lipinski definition) is 3. The molecule has 22 heavy (non-hydrogen) atoms. The van der Waals surface area contributed by atoms with Crippen LogP contribution in [-0.2, 0) is 5.75 Å². The van der Waals surface area contributed by atoms with E-state index in [4.69, 9.17) is 4.42 Å². The van der Waals surface area contributed by atoms with Gasteiger partial charge in [0.05, 0.1) is 0 Å². The van der Waals surface area contributed by atoms with Crippen molar-refractivity contribution < 1.29 is 4.42 Å². The largest absolute Gasteiger partial charge is 0.422 e. The molecule has 0 atom stereocenters. The molecule has 2 nitrogen and oxygen atoms in total. The van der Waals surface area contributed by atoms with Gasteiger partial charge in [-0.05, 0) is 54.8 Å². The van der Waals surface area contributed by atoms with E-state index in [0.29, 0.717) is 5.58 Å². The summed E-state index contributed by atoms with van der Waals surface area (Å²) in [6.45, 7) is 4.02. The molecular formula is C18H15BrO2S. The first-order valence-corrected chi connectivity index (χ1v) is 8.74. The molecular weight excluding hydrogens is 360 g/mol. The van der Waals surface area contributed by atoms with Crippen molar-refractivity contribution in [2.24, 2.45) is 0 Å². The van der Waals surface area contributed by atoms with Gasteiger partial charge in [0.15, 0.2) is 0 Å². The van der Waals surface area contributed by atoms with Crippen LogP contribution in [0.2, 0.25) is 0 Å². The number of fused-ring (bicyclic) bond motifs is 1. The van der Waals surface area contributed by atoms with Crippen LogP contribution in [0.5, 0.6) is 0 Å². The highest BCUT2D eigenvalue weighted by atomic mass is 79.9. The summed E-state index contributed by atoms with van der Waals surface area (Å²) < 4.78 is 6.47. The van der Waals surface area contributed by atoms with Crippen molar-refractivity contribution in [3.63, 3.8) is 0 Å². The smallest absolute Gasteiger partial charge is 0.336 e. The maximum absolute atomic E-state index is 11.8. The molecule has 0 saturated heterocycles. The molecule has 0 aliphatic heterocycles. The number of hydrogen-bond donors (Lipinski definition) is 0. The minimum Gasteiger partial charge on any atom is -0.422 e. The van der Waals surface area contributed by atoms with Crippen LogP contribution in [0.15, 0.2) is 61.0 Å². The Morgan fingerprint density at radius 2 is 1.82 bits per heavy atom. The number of thioether (sulfide) groups is 1. The van der Waals surface area contributed by atoms with E-state index in [1.807, 2.05) is 32.0 Å². The van der Waals surface area contributed by atoms with Gasteiger partial charge in [0.2, 0.25) is 0 Å². The lowest BCUT2D eigenvalue weighted by Gasteiger charge is -2.09. The lowest BCUT2D eigenvalue weighted by molar-refractivity contribution is 0.557. The van der Waals surface area contributed by atoms with Crippen molar-refractivity contribution in [2.45, 2.75) is 24.5 Å². The summed E-state index contributed by atoms with van der Waals surface area (Å²) in [5.41, 5.74) is 3.60. The van der Waals surface area contributed by atoms with Crippen LogP contribution in [-0.4, -0.2) is 0 Å². The summed E-state index contributed by atoms with van der Waals surface area (Å²) in [7, 11) is 0. The Bertz CT molecular complexity index is 882. The van der Waals surface area contributed by atoms with Gasteiger partial charge in [-0.2, -0.15) is 0 Å². The number of halogens is 1. The first-order chi connectivity index (χ1) is 10.5. The van der Waals surface area contributed by atoms with E-state index >= 15 is 0 Å². The normalized spacial score (nSPS) is 11.0. The van der Waals surface area contributed by atoms with Crippen molar-refractivity contribution >= 4 is 38.7 Å². The molecule has 3 aromatic rings. The van der Waals surface area contributed by atoms with E-state index in [1.54, 1.807) is 17.8 Å². The molecule has 0 aliphatic carbocycles. The third-order valence-corrected chi connectivity index (χ3v) is 5.31. The van der Waals surface area contributed by atoms with E-state index in [9.17, 15) is 4.79 Å². The van der Waals surface area contributed by atoms with Crippen LogP contribution in [0.4, 0.5) is 0 Å². The SMILES string of the molecule is Cc1ccc2c(CSc3ccc(Br)cc3)cc(=O)oc2c1C. The van der Waals surface area contributed by atoms with E-state index in [2.05, 4.69) is 34.1 Å². The average Bonchev–Trinajstić information content (AvgIpc) is 2.50. The van der Waals surface area contributed by atoms with Crippen molar-refractivity contribution in [1.82, 2.24) is 0 Å². The molecule has 3 rings (SSSR count). The zero-order valence-corrected chi connectivity index (χ0v) is 14.8. The van der Waals surface area contributed by atoms with Crippen molar-refractivity contribution in [2.75, 3.05) is 0 Å². The van der Waals surface area contributed by atoms with Gasteiger partial charge in [-0.1, -0.05) is 28.1 Å². The van der Waals surface area contributed by atoms with Crippen LogP contribution in [0.3, 0.4) is 0 Å². The van der Waals surface area contributed by atoms with Gasteiger partial charge in [0.1, 0.15) is 5.58 Å². The molecule has 1 aromatic heterocycles. The Balaban J connectivity index is 1.98. The third-order valence-electron chi connectivity index (χ3n) is 3.73. The topological polar surface area (TPSA) is 30.2 Å². The second kappa shape index (κ2) is 6.31. The van der Waals surface area contributed by atoms with E-state index in [-0.39, 0.29) is 5.63 Å². The number of benzene rings is 2. The summed E-state index contributed by atoms with van der Waals surface area (Å²) in [4.78, 5) is 13.0. The van der Waals surface area contributed by atoms with E-state index < -0.39 is 0 Å². The molecule has 0 unspecified atom stereocenters. The summed E-state index contributed by atoms with van der Waals surface area (Å²) in [6, 6.07) is 13.9. The monoisotopic (exact) mass is 374 g/mol. The van der Waals surface area contributed by atoms with Gasteiger partial charge >= 0.3 is 5.63 Å². The molecule has 0 saturated carbocycles. The fraction of sp³-hybridized carbons (Fsp3) is 0.167. The Morgan fingerprint density at radius 3 is 2.55 bits per heavy atom. The van der Waals surface area contributed by atoms with E-state index in [0.717, 1.165) is 32.3 Å². The Labute approximate surface area is 141 Å². The second-order valence-corrected chi connectivity index (χ2v) is 7.18. The zero-order chi connectivity index (χ0) is 15.7. The summed E-state index contributed by atoms with van der Waals surface area (Å²) >= 11 is 5.15. The Hall–Kier alpha value is -1.52. The van der Waals surface area contributed by atoms with Crippen molar-refractivity contribution in [3.8, 4) is 0 Å². The second-order valence-electron chi connectivity index (χ2n) is 5.22. The summed E-state index contributed by atoms with van der Waals surface area (Å²) in [5, 5.41) is 1.02. The summed E-state index contributed by atoms with van der Waals surface area (Å²) in [5.74, 6) is 0.742. The molecule has 112 valence electrons. The fourth-order valence-electron chi connectivity index (χ4n) is 2.34. The van der Waals surface area contributed by atoms with Gasteiger partial charge in [0, 0.05) is 26.6 Å². The molecule has 0 fully saturated rings. The van der Waals surface area contributed by atoms with Crippen LogP contribution >= 0.6 is 27.7 Å². The van der Waals surface area contributed by atoms with Crippen LogP contribution in [0.1, 0.15) is 16.7 Å². The minimum absolute atomic E-state index is 0.285. The van der Waals surface area contributed by atoms with Gasteiger partial charge in [0.25, 0.3) is 0 Å². The molecule has 0 spiro atoms. The van der Waals surface area contributed by atoms with Gasteiger partial charge in [-0.3, -0.25) is 0 Å². The average molecular weight is 375 g/mol. The Kier molecular flexibility index (Phi) is 4.41. The van der Waals surface area contributed by atoms with Crippen molar-refractivity contribution in [3.05, 3.63) is 74.0 Å². The zero-order valence-electron chi connectivity index (χ0n) is 12.4. The molecule has 1 heterocycles. The number of rotatable bonds is 3. The van der Waals surface area contributed by atoms with Gasteiger partial charge < -0.3 is 4.42 Å². The minimum atomic E-state index is -0.285. The maximum Gasteiger partial charge on any atom is 0.336 e. The molecule has 0 N–H and O–H groups in total. The van der Waals surface area contributed by atoms with Crippen LogP contribution in [0.25, 0.3) is 11.0 Å².